The van der Waals surface area contributed by atoms with Gasteiger partial charge in [-0.25, -0.2) is 0 Å². The van der Waals surface area contributed by atoms with Crippen LogP contribution in [0.1, 0.15) is 62.3 Å². The number of hydrogen-bond acceptors (Lipinski definition) is 0. The summed E-state index contributed by atoms with van der Waals surface area (Å²) in [7, 11) is 4.64. The molecule has 0 radical (unpaired) electrons. The van der Waals surface area contributed by atoms with Gasteiger partial charge in [0, 0.05) is 0 Å². The zero-order valence-corrected chi connectivity index (χ0v) is 17.4. The number of nitrogens with zero attached hydrogens (tertiary/aromatic N) is 3. The first kappa shape index (κ1) is 29.0. The van der Waals surface area contributed by atoms with E-state index in [1.165, 1.54) is 19.4 Å². The van der Waals surface area contributed by atoms with Gasteiger partial charge in [-0.3, -0.25) is 0 Å². The summed E-state index contributed by atoms with van der Waals surface area (Å²) in [4.78, 5) is 0. The van der Waals surface area contributed by atoms with E-state index in [2.05, 4.69) is 87.6 Å². The van der Waals surface area contributed by atoms with Crippen molar-refractivity contribution in [3.8, 4) is 0 Å². The first-order valence-electron chi connectivity index (χ1n) is 7.50. The Hall–Kier alpha value is 0.884. The monoisotopic (exact) mass is 341 g/mol. The quantitative estimate of drug-likeness (QED) is 0.527. The van der Waals surface area contributed by atoms with Crippen molar-refractivity contribution in [1.29, 1.82) is 0 Å². The molecule has 0 saturated carbocycles. The van der Waals surface area contributed by atoms with Crippen LogP contribution in [-0.2, 0) is 19.4 Å². The molecular formula is C15H36ClN3Ti. The maximum absolute atomic E-state index is 4.64. The fraction of sp³-hybridized carbons (Fsp3) is 1.00. The molecule has 0 spiro atoms. The average molecular weight is 342 g/mol. The zero-order chi connectivity index (χ0) is 17.0. The van der Waals surface area contributed by atoms with Crippen LogP contribution in [0.2, 0.25) is 0 Å². The molecule has 0 aromatic heterocycles. The Labute approximate surface area is 144 Å². The molecular weight excluding hydrogens is 306 g/mol. The third-order valence-electron chi connectivity index (χ3n) is 1.64. The zero-order valence-electron chi connectivity index (χ0n) is 15.1. The summed E-state index contributed by atoms with van der Waals surface area (Å²) in [5.41, 5.74) is 0. The summed E-state index contributed by atoms with van der Waals surface area (Å²) < 4.78 is 0. The predicted molar refractivity (Wildman–Crippen MR) is 93.0 cm³/mol. The summed E-state index contributed by atoms with van der Waals surface area (Å²) in [6.45, 7) is 21.6. The Kier molecular flexibility index (Phi) is 40.7. The average Bonchev–Trinajstić information content (AvgIpc) is 2.32. The summed E-state index contributed by atoms with van der Waals surface area (Å²) in [6, 6.07) is 1.57. The van der Waals surface area contributed by atoms with E-state index >= 15 is 0 Å². The second kappa shape index (κ2) is 28.1. The first-order chi connectivity index (χ1) is 9.31. The van der Waals surface area contributed by atoms with Crippen molar-refractivity contribution in [1.82, 2.24) is 0 Å². The topological polar surface area (TPSA) is 42.3 Å². The fourth-order valence-corrected chi connectivity index (χ4v) is 1.10. The summed E-state index contributed by atoms with van der Waals surface area (Å²) in [6.07, 6.45) is 0. The van der Waals surface area contributed by atoms with E-state index in [-0.39, 0.29) is 0 Å². The summed E-state index contributed by atoms with van der Waals surface area (Å²) in [5, 5.41) is 12.4. The van der Waals surface area contributed by atoms with Gasteiger partial charge in [0.2, 0.25) is 0 Å². The van der Waals surface area contributed by atoms with Gasteiger partial charge in [0.25, 0.3) is 0 Å². The molecule has 0 unspecified atom stereocenters. The van der Waals surface area contributed by atoms with Crippen molar-refractivity contribution in [2.24, 2.45) is 0 Å². The van der Waals surface area contributed by atoms with Crippen LogP contribution in [0.5, 0.6) is 0 Å². The normalized spacial score (nSPS) is 9.35. The van der Waals surface area contributed by atoms with Gasteiger partial charge in [-0.1, -0.05) is 62.3 Å². The Morgan fingerprint density at radius 3 is 0.750 bits per heavy atom. The Morgan fingerprint density at radius 2 is 0.750 bits per heavy atom. The van der Waals surface area contributed by atoms with Crippen LogP contribution in [-0.4, -0.2) is 37.8 Å². The van der Waals surface area contributed by atoms with Crippen LogP contribution in [0.15, 0.2) is 0 Å². The number of halogens is 1. The SMILES string of the molecule is CC[N-]C(C)C.CC[N-]C(C)C.CC[N-]C(C)C.[Cl][Ti+3]. The molecule has 0 heterocycles. The van der Waals surface area contributed by atoms with Crippen LogP contribution >= 0.6 is 9.30 Å². The molecule has 0 aliphatic carbocycles. The van der Waals surface area contributed by atoms with Crippen molar-refractivity contribution in [2.75, 3.05) is 19.6 Å². The van der Waals surface area contributed by atoms with Gasteiger partial charge in [-0.15, -0.1) is 18.1 Å². The van der Waals surface area contributed by atoms with Gasteiger partial charge >= 0.3 is 28.7 Å². The van der Waals surface area contributed by atoms with Crippen LogP contribution in [0.3, 0.4) is 0 Å². The molecule has 0 aromatic carbocycles. The van der Waals surface area contributed by atoms with Crippen LogP contribution in [0.25, 0.3) is 16.0 Å². The minimum atomic E-state index is 0.523. The maximum atomic E-state index is 4.64. The minimum absolute atomic E-state index is 0.523. The first-order valence-corrected chi connectivity index (χ1v) is 9.65. The Bertz CT molecular complexity index is 111. The van der Waals surface area contributed by atoms with E-state index in [0.717, 1.165) is 19.6 Å². The molecule has 0 amide bonds. The molecule has 0 bridgehead atoms. The van der Waals surface area contributed by atoms with E-state index in [1.807, 2.05) is 0 Å². The van der Waals surface area contributed by atoms with Crippen LogP contribution < -0.4 is 0 Å². The number of rotatable bonds is 6. The van der Waals surface area contributed by atoms with E-state index in [0.29, 0.717) is 18.1 Å². The Morgan fingerprint density at radius 1 is 0.600 bits per heavy atom. The van der Waals surface area contributed by atoms with Gasteiger partial charge in [0.05, 0.1) is 0 Å². The van der Waals surface area contributed by atoms with E-state index in [4.69, 9.17) is 0 Å². The molecule has 3 nitrogen and oxygen atoms in total. The number of hydrogen-bond donors (Lipinski definition) is 0. The molecule has 0 aliphatic heterocycles. The van der Waals surface area contributed by atoms with Crippen molar-refractivity contribution >= 4 is 9.30 Å². The van der Waals surface area contributed by atoms with E-state index in [1.54, 1.807) is 0 Å². The second-order valence-corrected chi connectivity index (χ2v) is 4.78. The van der Waals surface area contributed by atoms with E-state index in [9.17, 15) is 0 Å². The fourth-order valence-electron chi connectivity index (χ4n) is 1.10. The molecule has 0 aromatic rings. The van der Waals surface area contributed by atoms with Crippen molar-refractivity contribution in [2.45, 2.75) is 80.4 Å². The van der Waals surface area contributed by atoms with Crippen molar-refractivity contribution in [3.63, 3.8) is 0 Å². The van der Waals surface area contributed by atoms with Gasteiger partial charge in [0.1, 0.15) is 0 Å². The van der Waals surface area contributed by atoms with Gasteiger partial charge in [-0.2, -0.15) is 19.6 Å². The van der Waals surface area contributed by atoms with E-state index < -0.39 is 0 Å². The van der Waals surface area contributed by atoms with Crippen molar-refractivity contribution in [3.05, 3.63) is 16.0 Å². The molecule has 0 saturated heterocycles. The van der Waals surface area contributed by atoms with Crippen LogP contribution in [0.4, 0.5) is 0 Å². The van der Waals surface area contributed by atoms with Gasteiger partial charge < -0.3 is 16.0 Å². The summed E-state index contributed by atoms with van der Waals surface area (Å²) >= 11 is 1.47. The van der Waals surface area contributed by atoms with Gasteiger partial charge in [-0.05, 0) is 0 Å². The molecule has 0 atom stereocenters. The molecule has 0 fully saturated rings. The molecule has 20 heavy (non-hydrogen) atoms. The molecule has 122 valence electrons. The molecule has 5 heteroatoms. The second-order valence-electron chi connectivity index (χ2n) is 4.78. The van der Waals surface area contributed by atoms with Gasteiger partial charge in [0.15, 0.2) is 0 Å². The standard InChI is InChI=1S/3C5H12N.ClH.Ti/c3*1-4-6-5(2)3;;/h3*5H,4H2,1-3H3;1H;/q3*-1;;+4/p-1. The summed E-state index contributed by atoms with van der Waals surface area (Å²) in [5.74, 6) is 0. The predicted octanol–water partition coefficient (Wildman–Crippen LogP) is 6.05. The van der Waals surface area contributed by atoms with Crippen LogP contribution in [0, 0.1) is 0 Å². The molecule has 0 aliphatic rings. The van der Waals surface area contributed by atoms with Crippen molar-refractivity contribution < 1.29 is 19.4 Å². The Balaban J connectivity index is -0.0000000902. The third-order valence-corrected chi connectivity index (χ3v) is 1.64. The molecule has 0 rings (SSSR count). The molecule has 0 N–H and O–H groups in total. The third kappa shape index (κ3) is 61.8.